The maximum atomic E-state index is 12.9. The second kappa shape index (κ2) is 6.36. The lowest BCUT2D eigenvalue weighted by Gasteiger charge is -2.29. The molecule has 1 aliphatic rings. The topological polar surface area (TPSA) is 102 Å². The zero-order chi connectivity index (χ0) is 20.2. The molecule has 1 aliphatic carbocycles. The van der Waals surface area contributed by atoms with Crippen LogP contribution in [0.2, 0.25) is 0 Å². The van der Waals surface area contributed by atoms with Gasteiger partial charge in [0, 0.05) is 0 Å². The minimum absolute atomic E-state index is 0.201. The van der Waals surface area contributed by atoms with E-state index in [0.29, 0.717) is 30.0 Å². The zero-order valence-corrected chi connectivity index (χ0v) is 15.9. The quantitative estimate of drug-likeness (QED) is 0.476. The van der Waals surface area contributed by atoms with Crippen molar-refractivity contribution < 1.29 is 5.11 Å². The van der Waals surface area contributed by atoms with E-state index in [1.54, 1.807) is 17.1 Å². The molecule has 0 bridgehead atoms. The van der Waals surface area contributed by atoms with Gasteiger partial charge in [0.2, 0.25) is 5.95 Å². The van der Waals surface area contributed by atoms with Crippen LogP contribution in [0.1, 0.15) is 36.1 Å². The van der Waals surface area contributed by atoms with Gasteiger partial charge >= 0.3 is 5.69 Å². The highest BCUT2D eigenvalue weighted by Gasteiger charge is 2.29. The Hall–Kier alpha value is -3.78. The van der Waals surface area contributed by atoms with Crippen molar-refractivity contribution in [3.8, 4) is 5.95 Å². The molecule has 0 amide bonds. The summed E-state index contributed by atoms with van der Waals surface area (Å²) in [5, 5.41) is 10.4. The minimum Gasteiger partial charge on any atom is -0.388 e. The second-order valence-corrected chi connectivity index (χ2v) is 7.55. The van der Waals surface area contributed by atoms with Gasteiger partial charge in [0.25, 0.3) is 0 Å². The Morgan fingerprint density at radius 3 is 2.70 bits per heavy atom. The summed E-state index contributed by atoms with van der Waals surface area (Å²) in [7, 11) is 0. The number of H-pyrrole nitrogens is 1. The summed E-state index contributed by atoms with van der Waals surface area (Å²) < 4.78 is 3.50. The van der Waals surface area contributed by atoms with Crippen LogP contribution in [0.4, 0.5) is 0 Å². The Morgan fingerprint density at radius 2 is 1.80 bits per heavy atom. The van der Waals surface area contributed by atoms with Crippen LogP contribution in [-0.2, 0) is 0 Å². The third-order valence-corrected chi connectivity index (χ3v) is 5.85. The molecule has 6 rings (SSSR count). The standard InChI is InChI=1S/C22H18N6O2/c29-19-10-9-17(13-5-1-2-6-14(13)19)28-20-16(25-22(28)30)11-23-21(26-20)27-12-24-15-7-3-4-8-18(15)27/h1-8,11-12,17,19,29H,9-10H2,(H,25,30)/t17-,19-/m1/s1. The van der Waals surface area contributed by atoms with Crippen LogP contribution in [0, 0.1) is 0 Å². The predicted molar refractivity (Wildman–Crippen MR) is 112 cm³/mol. The fourth-order valence-corrected chi connectivity index (χ4v) is 4.44. The third-order valence-electron chi connectivity index (χ3n) is 5.85. The number of imidazole rings is 2. The average Bonchev–Trinajstić information content (AvgIpc) is 3.34. The first-order valence-electron chi connectivity index (χ1n) is 9.87. The average molecular weight is 398 g/mol. The smallest absolute Gasteiger partial charge is 0.328 e. The van der Waals surface area contributed by atoms with Gasteiger partial charge in [-0.25, -0.2) is 14.8 Å². The molecule has 5 aromatic rings. The Morgan fingerprint density at radius 1 is 1.00 bits per heavy atom. The van der Waals surface area contributed by atoms with Crippen LogP contribution in [0.25, 0.3) is 28.1 Å². The maximum Gasteiger partial charge on any atom is 0.328 e. The van der Waals surface area contributed by atoms with Crippen molar-refractivity contribution in [2.75, 3.05) is 0 Å². The second-order valence-electron chi connectivity index (χ2n) is 7.55. The molecule has 2 N–H and O–H groups in total. The summed E-state index contributed by atoms with van der Waals surface area (Å²) >= 11 is 0. The molecule has 0 radical (unpaired) electrons. The number of para-hydroxylation sites is 2. The van der Waals surface area contributed by atoms with Crippen LogP contribution in [0.15, 0.2) is 65.8 Å². The molecule has 3 aromatic heterocycles. The van der Waals surface area contributed by atoms with Crippen molar-refractivity contribution in [2.45, 2.75) is 25.0 Å². The Kier molecular flexibility index (Phi) is 3.63. The highest BCUT2D eigenvalue weighted by molar-refractivity contribution is 5.77. The van der Waals surface area contributed by atoms with Crippen LogP contribution in [-0.4, -0.2) is 34.2 Å². The fourth-order valence-electron chi connectivity index (χ4n) is 4.44. The van der Waals surface area contributed by atoms with Gasteiger partial charge in [-0.3, -0.25) is 9.13 Å². The highest BCUT2D eigenvalue weighted by atomic mass is 16.3. The van der Waals surface area contributed by atoms with Gasteiger partial charge in [-0.2, -0.15) is 4.98 Å². The van der Waals surface area contributed by atoms with E-state index in [4.69, 9.17) is 4.98 Å². The van der Waals surface area contributed by atoms with E-state index >= 15 is 0 Å². The van der Waals surface area contributed by atoms with E-state index in [2.05, 4.69) is 15.0 Å². The molecular formula is C22H18N6O2. The molecule has 0 aliphatic heterocycles. The summed E-state index contributed by atoms with van der Waals surface area (Å²) in [6.07, 6.45) is 4.05. The van der Waals surface area contributed by atoms with Crippen molar-refractivity contribution in [3.63, 3.8) is 0 Å². The number of hydrogen-bond acceptors (Lipinski definition) is 5. The SMILES string of the molecule is O=c1[nH]c2cnc(-n3cnc4ccccc43)nc2n1[C@@H]1CC[C@@H](O)c2ccccc21. The molecule has 2 aromatic carbocycles. The Balaban J connectivity index is 1.56. The van der Waals surface area contributed by atoms with E-state index < -0.39 is 6.10 Å². The normalized spacial score (nSPS) is 18.7. The van der Waals surface area contributed by atoms with Gasteiger partial charge in [0.15, 0.2) is 5.65 Å². The van der Waals surface area contributed by atoms with E-state index in [0.717, 1.165) is 22.2 Å². The van der Waals surface area contributed by atoms with Crippen molar-refractivity contribution in [3.05, 3.63) is 82.7 Å². The summed E-state index contributed by atoms with van der Waals surface area (Å²) in [5.41, 5.74) is 4.45. The molecule has 2 atom stereocenters. The van der Waals surface area contributed by atoms with Crippen LogP contribution >= 0.6 is 0 Å². The number of benzene rings is 2. The number of nitrogens with zero attached hydrogens (tertiary/aromatic N) is 5. The van der Waals surface area contributed by atoms with E-state index in [1.165, 1.54) is 0 Å². The van der Waals surface area contributed by atoms with Gasteiger partial charge in [0.05, 0.1) is 29.4 Å². The summed E-state index contributed by atoms with van der Waals surface area (Å²) in [4.78, 5) is 29.4. The van der Waals surface area contributed by atoms with Crippen LogP contribution in [0.3, 0.4) is 0 Å². The molecule has 30 heavy (non-hydrogen) atoms. The number of rotatable bonds is 2. The number of hydrogen-bond donors (Lipinski definition) is 2. The Bertz CT molecular complexity index is 1460. The molecule has 0 saturated heterocycles. The fraction of sp³-hybridized carbons (Fsp3) is 0.182. The monoisotopic (exact) mass is 398 g/mol. The van der Waals surface area contributed by atoms with Gasteiger partial charge in [-0.1, -0.05) is 36.4 Å². The zero-order valence-electron chi connectivity index (χ0n) is 15.9. The number of aliphatic hydroxyl groups excluding tert-OH is 1. The van der Waals surface area contributed by atoms with Gasteiger partial charge < -0.3 is 10.1 Å². The van der Waals surface area contributed by atoms with Crippen molar-refractivity contribution in [1.29, 1.82) is 0 Å². The molecule has 148 valence electrons. The summed E-state index contributed by atoms with van der Waals surface area (Å²) in [6, 6.07) is 15.3. The first-order chi connectivity index (χ1) is 14.7. The molecular weight excluding hydrogens is 380 g/mol. The minimum atomic E-state index is -0.513. The van der Waals surface area contributed by atoms with Crippen LogP contribution in [0.5, 0.6) is 0 Å². The number of aromatic amines is 1. The molecule has 8 nitrogen and oxygen atoms in total. The Labute approximate surface area is 170 Å². The van der Waals surface area contributed by atoms with Crippen LogP contribution < -0.4 is 5.69 Å². The van der Waals surface area contributed by atoms with Crippen molar-refractivity contribution in [1.82, 2.24) is 29.1 Å². The number of fused-ring (bicyclic) bond motifs is 3. The van der Waals surface area contributed by atoms with Crippen molar-refractivity contribution >= 4 is 22.2 Å². The number of aliphatic hydroxyl groups is 1. The van der Waals surface area contributed by atoms with E-state index in [9.17, 15) is 9.90 Å². The van der Waals surface area contributed by atoms with Crippen molar-refractivity contribution in [2.24, 2.45) is 0 Å². The van der Waals surface area contributed by atoms with Gasteiger partial charge in [-0.15, -0.1) is 0 Å². The summed E-state index contributed by atoms with van der Waals surface area (Å²) in [5.74, 6) is 0.452. The molecule has 0 unspecified atom stereocenters. The highest BCUT2D eigenvalue weighted by Crippen LogP contribution is 2.38. The van der Waals surface area contributed by atoms with Gasteiger partial charge in [-0.05, 0) is 36.1 Å². The molecule has 0 spiro atoms. The van der Waals surface area contributed by atoms with E-state index in [-0.39, 0.29) is 11.7 Å². The molecule has 3 heterocycles. The maximum absolute atomic E-state index is 12.9. The number of nitrogens with one attached hydrogen (secondary N) is 1. The van der Waals surface area contributed by atoms with Gasteiger partial charge in [0.1, 0.15) is 11.8 Å². The lowest BCUT2D eigenvalue weighted by Crippen LogP contribution is -2.27. The van der Waals surface area contributed by atoms with E-state index in [1.807, 2.05) is 53.1 Å². The number of aromatic nitrogens is 6. The molecule has 0 fully saturated rings. The lowest BCUT2D eigenvalue weighted by atomic mass is 9.85. The predicted octanol–water partition coefficient (Wildman–Crippen LogP) is 2.88. The first kappa shape index (κ1) is 17.1. The summed E-state index contributed by atoms with van der Waals surface area (Å²) in [6.45, 7) is 0. The molecule has 8 heteroatoms. The lowest BCUT2D eigenvalue weighted by molar-refractivity contribution is 0.147. The first-order valence-corrected chi connectivity index (χ1v) is 9.87. The third kappa shape index (κ3) is 2.44. The largest absolute Gasteiger partial charge is 0.388 e. The molecule has 0 saturated carbocycles.